The zero-order valence-electron chi connectivity index (χ0n) is 34.8. The Morgan fingerprint density at radius 3 is 2.04 bits per heavy atom. The molecule has 0 amide bonds. The normalized spacial score (nSPS) is 13.4. The molecule has 0 aliphatic heterocycles. The molecule has 9 nitrogen and oxygen atoms in total. The number of carbonyl (C=O) groups is 1. The van der Waals surface area contributed by atoms with Gasteiger partial charge in [0.2, 0.25) is 0 Å². The number of nitrogens with zero attached hydrogens (tertiary/aromatic N) is 7. The molecule has 4 aromatic rings. The van der Waals surface area contributed by atoms with Crippen molar-refractivity contribution in [2.45, 2.75) is 140 Å². The number of aryl methyl sites for hydroxylation is 1. The van der Waals surface area contributed by atoms with Crippen LogP contribution in [0.1, 0.15) is 131 Å². The maximum Gasteiger partial charge on any atom is 1.00 e. The minimum atomic E-state index is -0.201. The number of benzene rings is 2. The van der Waals surface area contributed by atoms with Crippen LogP contribution < -0.4 is 56.5 Å². The summed E-state index contributed by atoms with van der Waals surface area (Å²) in [5.41, 5.74) is 5.94. The summed E-state index contributed by atoms with van der Waals surface area (Å²) in [4.78, 5) is 18.2. The quantitative estimate of drug-likeness (QED) is 0.0950. The molecule has 1 N–H and O–H groups in total. The van der Waals surface area contributed by atoms with Crippen molar-refractivity contribution in [3.8, 4) is 22.5 Å². The van der Waals surface area contributed by atoms with Crippen LogP contribution in [-0.4, -0.2) is 47.3 Å². The summed E-state index contributed by atoms with van der Waals surface area (Å²) < 4.78 is 1.86. The largest absolute Gasteiger partial charge is 1.00 e. The molecule has 0 bridgehead atoms. The average molecular weight is 752 g/mol. The molecule has 0 saturated heterocycles. The molecule has 2 aromatic carbocycles. The van der Waals surface area contributed by atoms with E-state index < -0.39 is 0 Å². The van der Waals surface area contributed by atoms with Crippen LogP contribution in [0.2, 0.25) is 0 Å². The summed E-state index contributed by atoms with van der Waals surface area (Å²) in [5.74, 6) is 2.22. The number of ketones is 1. The monoisotopic (exact) mass is 751 g/mol. The smallest absolute Gasteiger partial charge is 0.393 e. The van der Waals surface area contributed by atoms with Crippen LogP contribution in [0.15, 0.2) is 73.6 Å². The van der Waals surface area contributed by atoms with E-state index in [9.17, 15) is 4.79 Å². The number of aromatic nitrogens is 7. The molecule has 286 valence electrons. The summed E-state index contributed by atoms with van der Waals surface area (Å²) in [6, 6.07) is 16.4. The van der Waals surface area contributed by atoms with E-state index >= 15 is 0 Å². The van der Waals surface area contributed by atoms with Crippen molar-refractivity contribution in [3.05, 3.63) is 85.0 Å². The Balaban J connectivity index is 0.00000170. The second-order valence-electron chi connectivity index (χ2n) is 13.5. The molecule has 1 saturated carbocycles. The number of carbonyl (C=O) groups excluding carboxylic acids is 1. The Kier molecular flexibility index (Phi) is 26.5. The minimum Gasteiger partial charge on any atom is -0.393 e. The number of hydrogen-bond acceptors (Lipinski definition) is 7. The van der Waals surface area contributed by atoms with Crippen LogP contribution in [0.25, 0.3) is 28.2 Å². The second-order valence-corrected chi connectivity index (χ2v) is 13.5. The number of aliphatic hydroxyl groups excluding tert-OH is 1. The number of Topliss-reactive ketones (excluding diaryl/α,β-unsaturated/α-hetero) is 1. The van der Waals surface area contributed by atoms with Crippen molar-refractivity contribution in [2.75, 3.05) is 0 Å². The Morgan fingerprint density at radius 1 is 0.962 bits per heavy atom. The maximum absolute atomic E-state index is 13.8. The van der Waals surface area contributed by atoms with Crippen molar-refractivity contribution >= 4 is 11.5 Å². The van der Waals surface area contributed by atoms with Gasteiger partial charge in [0.25, 0.3) is 0 Å². The third kappa shape index (κ3) is 16.7. The van der Waals surface area contributed by atoms with Gasteiger partial charge in [0, 0.05) is 24.2 Å². The molecule has 1 atom stereocenters. The van der Waals surface area contributed by atoms with E-state index in [2.05, 4.69) is 75.1 Å². The fourth-order valence-electron chi connectivity index (χ4n) is 5.70. The molecule has 0 radical (unpaired) electrons. The van der Waals surface area contributed by atoms with Gasteiger partial charge in [-0.05, 0) is 60.3 Å². The van der Waals surface area contributed by atoms with Crippen LogP contribution >= 0.6 is 0 Å². The zero-order chi connectivity index (χ0) is 39.1. The first kappa shape index (κ1) is 50.4. The number of tetrazole rings is 1. The molecule has 1 fully saturated rings. The number of hydrogen-bond donors (Lipinski definition) is 1. The standard InChI is InChI=1S/C31H36N7O.C6H14O.2C2H6.C2H4.K/c1-3-9-29(38-22(2)32-21-33-38)28(30(39)19-16-23-10-5-4-6-11-23)20-24-14-17-25(18-15-24)26-12-7-8-13-27(26)31-34-36-37-35-31;1-5(7)6(2,3)4;3*1-2;/h7-8,12-15,17-18,21,23H,3-6,9-11,16,19-20H2,1-2H3;5,7H,1-4H3;2*1-2H3;1-2H2;/q-1;;;;;+1/b29-28-;;;;;. The molecule has 5 rings (SSSR count). The molecule has 1 aliphatic carbocycles. The predicted octanol–water partition coefficient (Wildman–Crippen LogP) is 7.52. The molecule has 1 aliphatic rings. The summed E-state index contributed by atoms with van der Waals surface area (Å²) in [6.45, 7) is 25.9. The van der Waals surface area contributed by atoms with Gasteiger partial charge < -0.3 is 10.2 Å². The van der Waals surface area contributed by atoms with Gasteiger partial charge in [0.1, 0.15) is 12.2 Å². The minimum absolute atomic E-state index is 0. The summed E-state index contributed by atoms with van der Waals surface area (Å²) in [5, 5.41) is 28.7. The summed E-state index contributed by atoms with van der Waals surface area (Å²) in [7, 11) is 0. The van der Waals surface area contributed by atoms with Crippen molar-refractivity contribution in [1.82, 2.24) is 35.4 Å². The van der Waals surface area contributed by atoms with Crippen LogP contribution in [0.3, 0.4) is 0 Å². The maximum atomic E-state index is 13.8. The van der Waals surface area contributed by atoms with Gasteiger partial charge in [-0.25, -0.2) is 9.67 Å². The van der Waals surface area contributed by atoms with Crippen molar-refractivity contribution in [2.24, 2.45) is 11.3 Å². The van der Waals surface area contributed by atoms with E-state index in [1.807, 2.05) is 84.3 Å². The first-order chi connectivity index (χ1) is 25.1. The zero-order valence-corrected chi connectivity index (χ0v) is 37.9. The van der Waals surface area contributed by atoms with Crippen molar-refractivity contribution in [1.29, 1.82) is 0 Å². The van der Waals surface area contributed by atoms with E-state index in [4.69, 9.17) is 5.11 Å². The Bertz CT molecular complexity index is 1570. The molecule has 2 aromatic heterocycles. The summed E-state index contributed by atoms with van der Waals surface area (Å²) in [6.07, 6.45) is 11.6. The number of aliphatic hydroxyl groups is 1. The van der Waals surface area contributed by atoms with Gasteiger partial charge in [0.05, 0.1) is 11.8 Å². The SMILES string of the molecule is C=C.CC.CC.CC(O)C(C)(C)C.CCC/C(=C(\Cc1ccc(-c2ccccc2-c2nnn[n-]2)cc1)C(=O)CCC1CCCCC1)n1ncnc1C.[K+]. The number of rotatable bonds is 11. The van der Waals surface area contributed by atoms with Crippen LogP contribution in [0.4, 0.5) is 0 Å². The van der Waals surface area contributed by atoms with Crippen LogP contribution in [-0.2, 0) is 11.2 Å². The van der Waals surface area contributed by atoms with Crippen LogP contribution in [0, 0.1) is 18.3 Å². The third-order valence-corrected chi connectivity index (χ3v) is 9.04. The van der Waals surface area contributed by atoms with E-state index in [0.29, 0.717) is 24.6 Å². The fraction of sp³-hybridized carbons (Fsp3) is 0.535. The molecule has 0 spiro atoms. The molecular weight excluding hydrogens is 686 g/mol. The topological polar surface area (TPSA) is 121 Å². The Labute approximate surface area is 363 Å². The average Bonchev–Trinajstić information content (AvgIpc) is 3.88. The predicted molar refractivity (Wildman–Crippen MR) is 217 cm³/mol. The first-order valence-electron chi connectivity index (χ1n) is 19.3. The van der Waals surface area contributed by atoms with E-state index in [-0.39, 0.29) is 68.7 Å². The van der Waals surface area contributed by atoms with Crippen molar-refractivity contribution < 1.29 is 61.3 Å². The first-order valence-corrected chi connectivity index (χ1v) is 19.3. The Morgan fingerprint density at radius 2 is 1.55 bits per heavy atom. The second kappa shape index (κ2) is 27.9. The number of allylic oxidation sites excluding steroid dienone is 2. The van der Waals surface area contributed by atoms with E-state index in [1.54, 1.807) is 13.3 Å². The van der Waals surface area contributed by atoms with Gasteiger partial charge >= 0.3 is 51.4 Å². The van der Waals surface area contributed by atoms with Crippen LogP contribution in [0.5, 0.6) is 0 Å². The molecule has 2 heterocycles. The third-order valence-electron chi connectivity index (χ3n) is 9.04. The fourth-order valence-corrected chi connectivity index (χ4v) is 5.70. The summed E-state index contributed by atoms with van der Waals surface area (Å²) >= 11 is 0. The Hall–Kier alpha value is -2.60. The van der Waals surface area contributed by atoms with E-state index in [1.165, 1.54) is 32.1 Å². The molecule has 1 unspecified atom stereocenters. The van der Waals surface area contributed by atoms with E-state index in [0.717, 1.165) is 58.6 Å². The molecule has 53 heavy (non-hydrogen) atoms. The van der Waals surface area contributed by atoms with Gasteiger partial charge in [-0.3, -0.25) is 15.1 Å². The molecule has 10 heteroatoms. The molecular formula is C43H66KN7O2. The van der Waals surface area contributed by atoms with Gasteiger partial charge in [-0.15, -0.1) is 13.2 Å². The van der Waals surface area contributed by atoms with Gasteiger partial charge in [0.15, 0.2) is 5.78 Å². The van der Waals surface area contributed by atoms with Gasteiger partial charge in [-0.1, -0.05) is 142 Å². The van der Waals surface area contributed by atoms with Gasteiger partial charge in [-0.2, -0.15) is 10.3 Å². The van der Waals surface area contributed by atoms with Crippen molar-refractivity contribution in [3.63, 3.8) is 0 Å².